The summed E-state index contributed by atoms with van der Waals surface area (Å²) in [6, 6.07) is 8.67. The summed E-state index contributed by atoms with van der Waals surface area (Å²) in [5, 5.41) is 2.58. The minimum Gasteiger partial charge on any atom is -0.357 e. The zero-order valence-corrected chi connectivity index (χ0v) is 10.3. The molecule has 2 heterocycles. The first-order valence-electron chi connectivity index (χ1n) is 6.45. The van der Waals surface area contributed by atoms with Crippen LogP contribution in [-0.4, -0.2) is 18.1 Å². The average molecular weight is 226 g/mol. The van der Waals surface area contributed by atoms with Gasteiger partial charge < -0.3 is 4.90 Å². The molecule has 0 amide bonds. The van der Waals surface area contributed by atoms with Gasteiger partial charge in [0.25, 0.3) is 0 Å². The summed E-state index contributed by atoms with van der Waals surface area (Å²) in [7, 11) is 0. The second-order valence-corrected chi connectivity index (χ2v) is 4.89. The number of benzene rings is 1. The summed E-state index contributed by atoms with van der Waals surface area (Å²) in [6.07, 6.45) is 5.98. The zero-order valence-electron chi connectivity index (χ0n) is 10.3. The van der Waals surface area contributed by atoms with Crippen LogP contribution in [0.15, 0.2) is 30.5 Å². The van der Waals surface area contributed by atoms with E-state index in [-0.39, 0.29) is 0 Å². The van der Waals surface area contributed by atoms with Crippen LogP contribution in [0.2, 0.25) is 0 Å². The van der Waals surface area contributed by atoms with Gasteiger partial charge in [0, 0.05) is 24.7 Å². The lowest BCUT2D eigenvalue weighted by Crippen LogP contribution is -2.30. The molecule has 17 heavy (non-hydrogen) atoms. The highest BCUT2D eigenvalue weighted by Gasteiger charge is 2.12. The lowest BCUT2D eigenvalue weighted by molar-refractivity contribution is 0.574. The predicted molar refractivity (Wildman–Crippen MR) is 72.5 cm³/mol. The van der Waals surface area contributed by atoms with Gasteiger partial charge in [-0.2, -0.15) is 0 Å². The van der Waals surface area contributed by atoms with Crippen LogP contribution < -0.4 is 4.90 Å². The summed E-state index contributed by atoms with van der Waals surface area (Å²) in [6.45, 7) is 4.46. The van der Waals surface area contributed by atoms with Gasteiger partial charge in [-0.15, -0.1) is 0 Å². The molecule has 1 fully saturated rings. The molecule has 0 atom stereocenters. The van der Waals surface area contributed by atoms with Crippen molar-refractivity contribution in [1.29, 1.82) is 0 Å². The van der Waals surface area contributed by atoms with Crippen LogP contribution in [0.3, 0.4) is 0 Å². The van der Waals surface area contributed by atoms with Crippen molar-refractivity contribution < 1.29 is 0 Å². The van der Waals surface area contributed by atoms with Crippen molar-refractivity contribution in [3.8, 4) is 0 Å². The first-order valence-corrected chi connectivity index (χ1v) is 6.45. The number of fused-ring (bicyclic) bond motifs is 1. The highest BCUT2D eigenvalue weighted by atomic mass is 15.2. The molecule has 88 valence electrons. The summed E-state index contributed by atoms with van der Waals surface area (Å²) < 4.78 is 0. The summed E-state index contributed by atoms with van der Waals surface area (Å²) in [4.78, 5) is 7.03. The summed E-state index contributed by atoms with van der Waals surface area (Å²) in [5.74, 6) is 1.14. The molecule has 2 nitrogen and oxygen atoms in total. The van der Waals surface area contributed by atoms with Crippen molar-refractivity contribution in [3.05, 3.63) is 36.0 Å². The standard InChI is InChI=1S/C15H18N2/c1-12-6-5-7-13-10-15(16-11-14(12)13)17-8-3-2-4-9-17/h5-7,10-11H,2-4,8-9H2,1H3. The number of hydrogen-bond donors (Lipinski definition) is 0. The first-order chi connectivity index (χ1) is 8.34. The predicted octanol–water partition coefficient (Wildman–Crippen LogP) is 3.53. The Morgan fingerprint density at radius 3 is 2.76 bits per heavy atom. The fourth-order valence-electron chi connectivity index (χ4n) is 2.61. The monoisotopic (exact) mass is 226 g/mol. The van der Waals surface area contributed by atoms with E-state index in [0.29, 0.717) is 0 Å². The molecule has 1 aliphatic heterocycles. The normalized spacial score (nSPS) is 16.4. The second-order valence-electron chi connectivity index (χ2n) is 4.89. The molecule has 1 aromatic carbocycles. The van der Waals surface area contributed by atoms with E-state index in [2.05, 4.69) is 41.1 Å². The molecule has 0 bridgehead atoms. The van der Waals surface area contributed by atoms with Gasteiger partial charge in [-0.05, 0) is 43.2 Å². The Balaban J connectivity index is 2.01. The van der Waals surface area contributed by atoms with E-state index < -0.39 is 0 Å². The van der Waals surface area contributed by atoms with Gasteiger partial charge in [0.05, 0.1) is 0 Å². The fourth-order valence-corrected chi connectivity index (χ4v) is 2.61. The Morgan fingerprint density at radius 1 is 1.12 bits per heavy atom. The number of aromatic nitrogens is 1. The number of aryl methyl sites for hydroxylation is 1. The highest BCUT2D eigenvalue weighted by Crippen LogP contribution is 2.23. The SMILES string of the molecule is Cc1cccc2cc(N3CCCCC3)ncc12. The molecule has 1 saturated heterocycles. The largest absolute Gasteiger partial charge is 0.357 e. The molecule has 0 saturated carbocycles. The van der Waals surface area contributed by atoms with E-state index in [1.807, 2.05) is 6.20 Å². The maximum atomic E-state index is 4.62. The number of nitrogens with zero attached hydrogens (tertiary/aromatic N) is 2. The van der Waals surface area contributed by atoms with E-state index in [0.717, 1.165) is 18.9 Å². The van der Waals surface area contributed by atoms with Crippen LogP contribution in [0.1, 0.15) is 24.8 Å². The van der Waals surface area contributed by atoms with Gasteiger partial charge >= 0.3 is 0 Å². The molecule has 3 rings (SSSR count). The van der Waals surface area contributed by atoms with Gasteiger partial charge in [-0.1, -0.05) is 18.2 Å². The maximum absolute atomic E-state index is 4.62. The molecule has 0 aliphatic carbocycles. The third kappa shape index (κ3) is 1.99. The van der Waals surface area contributed by atoms with Crippen LogP contribution >= 0.6 is 0 Å². The molecule has 0 unspecified atom stereocenters. The molecule has 2 heteroatoms. The lowest BCUT2D eigenvalue weighted by Gasteiger charge is -2.27. The zero-order chi connectivity index (χ0) is 11.7. The summed E-state index contributed by atoms with van der Waals surface area (Å²) >= 11 is 0. The highest BCUT2D eigenvalue weighted by molar-refractivity contribution is 5.86. The van der Waals surface area contributed by atoms with Gasteiger partial charge in [0.1, 0.15) is 5.82 Å². The third-order valence-electron chi connectivity index (χ3n) is 3.65. The minimum absolute atomic E-state index is 1.14. The smallest absolute Gasteiger partial charge is 0.129 e. The van der Waals surface area contributed by atoms with Crippen LogP contribution in [0.25, 0.3) is 10.8 Å². The Kier molecular flexibility index (Phi) is 2.71. The van der Waals surface area contributed by atoms with E-state index in [1.54, 1.807) is 0 Å². The summed E-state index contributed by atoms with van der Waals surface area (Å²) in [5.41, 5.74) is 1.31. The van der Waals surface area contributed by atoms with E-state index in [1.165, 1.54) is 35.6 Å². The Hall–Kier alpha value is -1.57. The number of pyridine rings is 1. The van der Waals surface area contributed by atoms with Crippen LogP contribution in [-0.2, 0) is 0 Å². The van der Waals surface area contributed by atoms with Crippen molar-refractivity contribution >= 4 is 16.6 Å². The van der Waals surface area contributed by atoms with Crippen LogP contribution in [0.4, 0.5) is 5.82 Å². The molecule has 1 aliphatic rings. The van der Waals surface area contributed by atoms with E-state index in [9.17, 15) is 0 Å². The Labute approximate surface area is 102 Å². The Bertz CT molecular complexity index is 527. The van der Waals surface area contributed by atoms with Gasteiger partial charge in [-0.3, -0.25) is 0 Å². The molecule has 1 aromatic heterocycles. The van der Waals surface area contributed by atoms with Gasteiger partial charge in [-0.25, -0.2) is 4.98 Å². The topological polar surface area (TPSA) is 16.1 Å². The van der Waals surface area contributed by atoms with Crippen LogP contribution in [0, 0.1) is 6.92 Å². The number of hydrogen-bond acceptors (Lipinski definition) is 2. The van der Waals surface area contributed by atoms with E-state index in [4.69, 9.17) is 0 Å². The van der Waals surface area contributed by atoms with Crippen LogP contribution in [0.5, 0.6) is 0 Å². The molecule has 0 radical (unpaired) electrons. The molecule has 2 aromatic rings. The lowest BCUT2D eigenvalue weighted by atomic mass is 10.1. The van der Waals surface area contributed by atoms with E-state index >= 15 is 0 Å². The maximum Gasteiger partial charge on any atom is 0.129 e. The number of anilines is 1. The van der Waals surface area contributed by atoms with Crippen molar-refractivity contribution in [3.63, 3.8) is 0 Å². The second kappa shape index (κ2) is 4.36. The third-order valence-corrected chi connectivity index (χ3v) is 3.65. The van der Waals surface area contributed by atoms with Gasteiger partial charge in [0.2, 0.25) is 0 Å². The van der Waals surface area contributed by atoms with Crippen molar-refractivity contribution in [2.45, 2.75) is 26.2 Å². The molecule has 0 spiro atoms. The first kappa shape index (κ1) is 10.6. The average Bonchev–Trinajstić information content (AvgIpc) is 2.40. The molecular formula is C15H18N2. The quantitative estimate of drug-likeness (QED) is 0.739. The number of piperidine rings is 1. The van der Waals surface area contributed by atoms with Crippen molar-refractivity contribution in [2.75, 3.05) is 18.0 Å². The van der Waals surface area contributed by atoms with Gasteiger partial charge in [0.15, 0.2) is 0 Å². The van der Waals surface area contributed by atoms with Crippen molar-refractivity contribution in [2.24, 2.45) is 0 Å². The fraction of sp³-hybridized carbons (Fsp3) is 0.400. The molecular weight excluding hydrogens is 208 g/mol. The minimum atomic E-state index is 1.14. The Morgan fingerprint density at radius 2 is 1.94 bits per heavy atom. The number of rotatable bonds is 1. The van der Waals surface area contributed by atoms with Crippen molar-refractivity contribution in [1.82, 2.24) is 4.98 Å². The molecule has 0 N–H and O–H groups in total.